The second-order valence-electron chi connectivity index (χ2n) is 4.68. The van der Waals surface area contributed by atoms with Gasteiger partial charge in [-0.2, -0.15) is 17.9 Å². The molecule has 0 saturated carbocycles. The molecule has 2 heterocycles. The summed E-state index contributed by atoms with van der Waals surface area (Å²) in [6.45, 7) is 1.90. The second kappa shape index (κ2) is 5.21. The molecule has 0 aliphatic carbocycles. The predicted molar refractivity (Wildman–Crippen MR) is 72.1 cm³/mol. The summed E-state index contributed by atoms with van der Waals surface area (Å²) in [5.41, 5.74) is 1.22. The molecule has 0 saturated heterocycles. The van der Waals surface area contributed by atoms with Gasteiger partial charge in [0.05, 0.1) is 11.3 Å². The average Bonchev–Trinajstić information content (AvgIpc) is 2.97. The Morgan fingerprint density at radius 1 is 1.00 bits per heavy atom. The molecule has 0 aliphatic heterocycles. The van der Waals surface area contributed by atoms with E-state index in [1.165, 1.54) is 16.8 Å². The molecule has 3 aromatic rings. The summed E-state index contributed by atoms with van der Waals surface area (Å²) in [5.74, 6) is 0.361. The van der Waals surface area contributed by atoms with Gasteiger partial charge in [0.25, 0.3) is 0 Å². The summed E-state index contributed by atoms with van der Waals surface area (Å²) in [6, 6.07) is 8.22. The van der Waals surface area contributed by atoms with E-state index in [0.717, 1.165) is 17.7 Å². The lowest BCUT2D eigenvalue weighted by molar-refractivity contribution is -0.137. The van der Waals surface area contributed by atoms with Gasteiger partial charge in [-0.1, -0.05) is 6.07 Å². The minimum Gasteiger partial charge on any atom is -0.253 e. The van der Waals surface area contributed by atoms with Gasteiger partial charge in [-0.3, -0.25) is 4.98 Å². The van der Waals surface area contributed by atoms with Gasteiger partial charge in [0.2, 0.25) is 5.82 Å². The Hall–Kier alpha value is -2.77. The number of aryl methyl sites for hydroxylation is 1. The maximum Gasteiger partial charge on any atom is 0.416 e. The number of halogens is 3. The summed E-state index contributed by atoms with van der Waals surface area (Å²) >= 11 is 0. The van der Waals surface area contributed by atoms with Crippen LogP contribution in [0.3, 0.4) is 0 Å². The molecule has 2 aromatic heterocycles. The molecule has 0 spiro atoms. The van der Waals surface area contributed by atoms with Crippen molar-refractivity contribution < 1.29 is 13.2 Å². The van der Waals surface area contributed by atoms with Crippen LogP contribution < -0.4 is 0 Å². The lowest BCUT2D eigenvalue weighted by atomic mass is 10.2. The summed E-state index contributed by atoms with van der Waals surface area (Å²) < 4.78 is 39.1. The van der Waals surface area contributed by atoms with E-state index in [4.69, 9.17) is 0 Å². The van der Waals surface area contributed by atoms with Crippen LogP contribution in [0.1, 0.15) is 11.1 Å². The van der Waals surface area contributed by atoms with Crippen LogP contribution in [-0.2, 0) is 6.18 Å². The molecule has 0 amide bonds. The monoisotopic (exact) mass is 305 g/mol. The quantitative estimate of drug-likeness (QED) is 0.730. The van der Waals surface area contributed by atoms with Crippen LogP contribution in [0, 0.1) is 6.92 Å². The van der Waals surface area contributed by atoms with Gasteiger partial charge in [-0.25, -0.2) is 0 Å². The molecule has 0 bridgehead atoms. The van der Waals surface area contributed by atoms with Gasteiger partial charge in [0, 0.05) is 6.20 Å². The molecule has 1 aromatic carbocycles. The summed E-state index contributed by atoms with van der Waals surface area (Å²) in [4.78, 5) is 4.22. The molecule has 112 valence electrons. The van der Waals surface area contributed by atoms with Crippen LogP contribution in [0.25, 0.3) is 17.2 Å². The van der Waals surface area contributed by atoms with Crippen molar-refractivity contribution in [2.24, 2.45) is 0 Å². The minimum absolute atomic E-state index is 0.361. The fourth-order valence-electron chi connectivity index (χ4n) is 1.91. The average molecular weight is 305 g/mol. The highest BCUT2D eigenvalue weighted by atomic mass is 19.4. The Morgan fingerprint density at radius 3 is 2.32 bits per heavy atom. The highest BCUT2D eigenvalue weighted by Crippen LogP contribution is 2.29. The Bertz CT molecular complexity index is 775. The Morgan fingerprint density at radius 2 is 1.73 bits per heavy atom. The number of aromatic nitrogens is 5. The van der Waals surface area contributed by atoms with Gasteiger partial charge in [0.1, 0.15) is 5.69 Å². The fraction of sp³-hybridized carbons (Fsp3) is 0.143. The first-order chi connectivity index (χ1) is 10.4. The maximum atomic E-state index is 12.6. The first-order valence-corrected chi connectivity index (χ1v) is 6.34. The third-order valence-corrected chi connectivity index (χ3v) is 3.05. The third-order valence-electron chi connectivity index (χ3n) is 3.05. The molecular weight excluding hydrogens is 295 g/mol. The largest absolute Gasteiger partial charge is 0.416 e. The molecule has 22 heavy (non-hydrogen) atoms. The van der Waals surface area contributed by atoms with Crippen molar-refractivity contribution in [3.05, 3.63) is 53.7 Å². The van der Waals surface area contributed by atoms with E-state index < -0.39 is 11.7 Å². The van der Waals surface area contributed by atoms with Crippen LogP contribution in [0.5, 0.6) is 0 Å². The van der Waals surface area contributed by atoms with Crippen LogP contribution in [0.4, 0.5) is 13.2 Å². The van der Waals surface area contributed by atoms with E-state index in [1.807, 2.05) is 13.0 Å². The summed E-state index contributed by atoms with van der Waals surface area (Å²) in [7, 11) is 0. The minimum atomic E-state index is -4.37. The zero-order chi connectivity index (χ0) is 15.7. The lowest BCUT2D eigenvalue weighted by Gasteiger charge is -2.08. The van der Waals surface area contributed by atoms with Crippen LogP contribution in [-0.4, -0.2) is 25.2 Å². The zero-order valence-electron chi connectivity index (χ0n) is 11.4. The Kier molecular flexibility index (Phi) is 3.36. The topological polar surface area (TPSA) is 56.5 Å². The standard InChI is InChI=1S/C14H10F3N5/c1-9-2-7-12(18-8-9)13-19-20-21-22(13)11-5-3-10(4-6-11)14(15,16)17/h2-8H,1H3. The van der Waals surface area contributed by atoms with Gasteiger partial charge in [-0.15, -0.1) is 5.10 Å². The maximum absolute atomic E-state index is 12.6. The molecule has 0 aliphatic rings. The second-order valence-corrected chi connectivity index (χ2v) is 4.68. The molecule has 0 N–H and O–H groups in total. The number of pyridine rings is 1. The normalized spacial score (nSPS) is 11.6. The Labute approximate surface area is 123 Å². The molecule has 3 rings (SSSR count). The Balaban J connectivity index is 2.00. The van der Waals surface area contributed by atoms with E-state index in [1.54, 1.807) is 12.3 Å². The molecular formula is C14H10F3N5. The van der Waals surface area contributed by atoms with Crippen molar-refractivity contribution >= 4 is 0 Å². The van der Waals surface area contributed by atoms with Gasteiger partial charge < -0.3 is 0 Å². The van der Waals surface area contributed by atoms with Crippen molar-refractivity contribution in [1.29, 1.82) is 0 Å². The molecule has 8 heteroatoms. The highest BCUT2D eigenvalue weighted by molar-refractivity contribution is 5.52. The van der Waals surface area contributed by atoms with Gasteiger partial charge in [-0.05, 0) is 53.2 Å². The van der Waals surface area contributed by atoms with Gasteiger partial charge in [0.15, 0.2) is 0 Å². The molecule has 0 unspecified atom stereocenters. The van der Waals surface area contributed by atoms with E-state index in [2.05, 4.69) is 20.5 Å². The summed E-state index contributed by atoms with van der Waals surface area (Å²) in [6.07, 6.45) is -2.71. The van der Waals surface area contributed by atoms with Crippen molar-refractivity contribution in [2.45, 2.75) is 13.1 Å². The first kappa shape index (κ1) is 14.2. The molecule has 0 fully saturated rings. The van der Waals surface area contributed by atoms with Crippen LogP contribution >= 0.6 is 0 Å². The smallest absolute Gasteiger partial charge is 0.253 e. The number of alkyl halides is 3. The van der Waals surface area contributed by atoms with Crippen molar-refractivity contribution in [3.8, 4) is 17.2 Å². The SMILES string of the molecule is Cc1ccc(-c2nnnn2-c2ccc(C(F)(F)F)cc2)nc1. The zero-order valence-corrected chi connectivity index (χ0v) is 11.4. The van der Waals surface area contributed by atoms with Crippen LogP contribution in [0.15, 0.2) is 42.6 Å². The number of benzene rings is 1. The van der Waals surface area contributed by atoms with Crippen molar-refractivity contribution in [3.63, 3.8) is 0 Å². The molecule has 0 radical (unpaired) electrons. The van der Waals surface area contributed by atoms with Gasteiger partial charge >= 0.3 is 6.18 Å². The lowest BCUT2D eigenvalue weighted by Crippen LogP contribution is -2.06. The number of hydrogen-bond donors (Lipinski definition) is 0. The highest BCUT2D eigenvalue weighted by Gasteiger charge is 2.30. The number of rotatable bonds is 2. The van der Waals surface area contributed by atoms with E-state index in [-0.39, 0.29) is 0 Å². The van der Waals surface area contributed by atoms with E-state index >= 15 is 0 Å². The van der Waals surface area contributed by atoms with E-state index in [9.17, 15) is 13.2 Å². The first-order valence-electron chi connectivity index (χ1n) is 6.34. The summed E-state index contributed by atoms with van der Waals surface area (Å²) in [5, 5.41) is 11.3. The van der Waals surface area contributed by atoms with E-state index in [0.29, 0.717) is 17.2 Å². The number of tetrazole rings is 1. The predicted octanol–water partition coefficient (Wildman–Crippen LogP) is 3.05. The third kappa shape index (κ3) is 2.67. The van der Waals surface area contributed by atoms with Crippen molar-refractivity contribution in [1.82, 2.24) is 25.2 Å². The number of hydrogen-bond acceptors (Lipinski definition) is 4. The van der Waals surface area contributed by atoms with Crippen LogP contribution in [0.2, 0.25) is 0 Å². The van der Waals surface area contributed by atoms with Crippen molar-refractivity contribution in [2.75, 3.05) is 0 Å². The molecule has 0 atom stereocenters. The molecule has 5 nitrogen and oxygen atoms in total. The number of nitrogens with zero attached hydrogens (tertiary/aromatic N) is 5. The fourth-order valence-corrected chi connectivity index (χ4v) is 1.91.